The second-order valence-corrected chi connectivity index (χ2v) is 3.20. The van der Waals surface area contributed by atoms with Crippen molar-refractivity contribution in [2.75, 3.05) is 0 Å². The van der Waals surface area contributed by atoms with Gasteiger partial charge in [-0.25, -0.2) is 4.79 Å². The van der Waals surface area contributed by atoms with Crippen LogP contribution in [0.5, 0.6) is 0 Å². The van der Waals surface area contributed by atoms with Crippen LogP contribution in [0.2, 0.25) is 0 Å². The van der Waals surface area contributed by atoms with E-state index >= 15 is 0 Å². The molecule has 0 fully saturated rings. The summed E-state index contributed by atoms with van der Waals surface area (Å²) < 4.78 is 3.58. The average Bonchev–Trinajstić information content (AvgIpc) is 2.32. The number of carbonyl (C=O) groups is 1. The van der Waals surface area contributed by atoms with Crippen LogP contribution >= 0.6 is 11.5 Å². The Bertz CT molecular complexity index is 269. The van der Waals surface area contributed by atoms with Gasteiger partial charge in [0.05, 0.1) is 5.69 Å². The predicted octanol–water partition coefficient (Wildman–Crippen LogP) is 1.36. The zero-order chi connectivity index (χ0) is 8.43. The Balaban J connectivity index is 3.06. The summed E-state index contributed by atoms with van der Waals surface area (Å²) in [5.41, 5.74) is 0.572. The smallest absolute Gasteiger partial charge is 0.349 e. The Morgan fingerprint density at radius 1 is 1.64 bits per heavy atom. The third kappa shape index (κ3) is 1.54. The van der Waals surface area contributed by atoms with Crippen molar-refractivity contribution in [3.8, 4) is 0 Å². The highest BCUT2D eigenvalue weighted by Gasteiger charge is 2.16. The fourth-order valence-electron chi connectivity index (χ4n) is 0.724. The summed E-state index contributed by atoms with van der Waals surface area (Å²) >= 11 is 0.925. The van der Waals surface area contributed by atoms with Gasteiger partial charge >= 0.3 is 5.97 Å². The summed E-state index contributed by atoms with van der Waals surface area (Å²) in [4.78, 5) is 10.8. The molecule has 0 radical (unpaired) electrons. The van der Waals surface area contributed by atoms with Crippen LogP contribution in [-0.4, -0.2) is 20.7 Å². The molecular formula is C6H8N2O2S. The van der Waals surface area contributed by atoms with E-state index in [1.165, 1.54) is 0 Å². The Hall–Kier alpha value is -0.970. The highest BCUT2D eigenvalue weighted by Crippen LogP contribution is 2.18. The number of aromatic carboxylic acids is 1. The van der Waals surface area contributed by atoms with Crippen molar-refractivity contribution in [1.82, 2.24) is 9.59 Å². The van der Waals surface area contributed by atoms with Crippen molar-refractivity contribution >= 4 is 17.5 Å². The van der Waals surface area contributed by atoms with Gasteiger partial charge in [-0.05, 0) is 17.5 Å². The number of carboxylic acids is 1. The molecule has 0 aliphatic carbocycles. The van der Waals surface area contributed by atoms with Crippen molar-refractivity contribution < 1.29 is 9.90 Å². The van der Waals surface area contributed by atoms with Crippen LogP contribution in [-0.2, 0) is 0 Å². The Kier molecular flexibility index (Phi) is 2.19. The molecule has 0 saturated carbocycles. The van der Waals surface area contributed by atoms with E-state index in [0.717, 1.165) is 11.5 Å². The van der Waals surface area contributed by atoms with Crippen molar-refractivity contribution in [2.24, 2.45) is 0 Å². The van der Waals surface area contributed by atoms with Crippen LogP contribution in [0.3, 0.4) is 0 Å². The van der Waals surface area contributed by atoms with Gasteiger partial charge in [-0.1, -0.05) is 18.3 Å². The lowest BCUT2D eigenvalue weighted by Gasteiger charge is -1.98. The lowest BCUT2D eigenvalue weighted by atomic mass is 10.1. The molecule has 11 heavy (non-hydrogen) atoms. The molecule has 0 aliphatic rings. The van der Waals surface area contributed by atoms with Crippen LogP contribution < -0.4 is 0 Å². The van der Waals surface area contributed by atoms with Gasteiger partial charge in [0.25, 0.3) is 0 Å². The van der Waals surface area contributed by atoms with Gasteiger partial charge < -0.3 is 5.11 Å². The molecule has 0 aliphatic heterocycles. The maximum absolute atomic E-state index is 10.5. The van der Waals surface area contributed by atoms with E-state index in [2.05, 4.69) is 9.59 Å². The minimum atomic E-state index is -0.941. The molecule has 1 aromatic rings. The molecule has 0 amide bonds. The standard InChI is InChI=1S/C6H8N2O2S/c1-3(2)4-5(6(9)10)11-8-7-4/h3H,1-2H3,(H,9,10). The zero-order valence-electron chi connectivity index (χ0n) is 6.24. The summed E-state index contributed by atoms with van der Waals surface area (Å²) in [6.45, 7) is 3.78. The molecule has 0 unspecified atom stereocenters. The quantitative estimate of drug-likeness (QED) is 0.731. The topological polar surface area (TPSA) is 63.1 Å². The van der Waals surface area contributed by atoms with Gasteiger partial charge in [0, 0.05) is 0 Å². The van der Waals surface area contributed by atoms with E-state index in [-0.39, 0.29) is 10.8 Å². The third-order valence-electron chi connectivity index (χ3n) is 1.25. The van der Waals surface area contributed by atoms with Gasteiger partial charge in [-0.2, -0.15) is 0 Å². The fraction of sp³-hybridized carbons (Fsp3) is 0.500. The molecule has 60 valence electrons. The molecule has 0 atom stereocenters. The molecule has 0 spiro atoms. The lowest BCUT2D eigenvalue weighted by molar-refractivity contribution is 0.0700. The largest absolute Gasteiger partial charge is 0.477 e. The third-order valence-corrected chi connectivity index (χ3v) is 1.98. The van der Waals surface area contributed by atoms with E-state index in [9.17, 15) is 4.79 Å². The number of hydrogen-bond donors (Lipinski definition) is 1. The average molecular weight is 172 g/mol. The molecule has 4 nitrogen and oxygen atoms in total. The summed E-state index contributed by atoms with van der Waals surface area (Å²) in [7, 11) is 0. The normalized spacial score (nSPS) is 10.5. The van der Waals surface area contributed by atoms with Gasteiger partial charge in [0.15, 0.2) is 4.88 Å². The first-order chi connectivity index (χ1) is 5.13. The van der Waals surface area contributed by atoms with Gasteiger partial charge in [-0.3, -0.25) is 0 Å². The summed E-state index contributed by atoms with van der Waals surface area (Å²) in [5, 5.41) is 12.4. The van der Waals surface area contributed by atoms with E-state index in [4.69, 9.17) is 5.11 Å². The van der Waals surface area contributed by atoms with Crippen LogP contribution in [0.15, 0.2) is 0 Å². The van der Waals surface area contributed by atoms with Crippen LogP contribution in [0.1, 0.15) is 35.1 Å². The Morgan fingerprint density at radius 3 is 2.64 bits per heavy atom. The Labute approximate surface area is 68.0 Å². The predicted molar refractivity (Wildman–Crippen MR) is 41.0 cm³/mol. The summed E-state index contributed by atoms with van der Waals surface area (Å²) in [5.74, 6) is -0.816. The number of carboxylic acid groups (broad SMARTS) is 1. The zero-order valence-corrected chi connectivity index (χ0v) is 7.05. The molecule has 1 heterocycles. The molecular weight excluding hydrogens is 164 g/mol. The number of rotatable bonds is 2. The molecule has 1 N–H and O–H groups in total. The Morgan fingerprint density at radius 2 is 2.27 bits per heavy atom. The molecule has 0 bridgehead atoms. The second kappa shape index (κ2) is 2.96. The van der Waals surface area contributed by atoms with Gasteiger partial charge in [0.1, 0.15) is 0 Å². The van der Waals surface area contributed by atoms with E-state index in [1.807, 2.05) is 13.8 Å². The van der Waals surface area contributed by atoms with Crippen LogP contribution in [0.25, 0.3) is 0 Å². The van der Waals surface area contributed by atoms with Crippen molar-refractivity contribution in [3.05, 3.63) is 10.6 Å². The first-order valence-corrected chi connectivity index (χ1v) is 3.95. The minimum absolute atomic E-state index is 0.125. The highest BCUT2D eigenvalue weighted by molar-refractivity contribution is 7.07. The van der Waals surface area contributed by atoms with E-state index < -0.39 is 5.97 Å². The lowest BCUT2D eigenvalue weighted by Crippen LogP contribution is -2.00. The highest BCUT2D eigenvalue weighted by atomic mass is 32.1. The molecule has 1 rings (SSSR count). The monoisotopic (exact) mass is 172 g/mol. The summed E-state index contributed by atoms with van der Waals surface area (Å²) in [6.07, 6.45) is 0. The van der Waals surface area contributed by atoms with Crippen molar-refractivity contribution in [2.45, 2.75) is 19.8 Å². The van der Waals surface area contributed by atoms with E-state index in [1.54, 1.807) is 0 Å². The van der Waals surface area contributed by atoms with Gasteiger partial charge in [0.2, 0.25) is 0 Å². The first kappa shape index (κ1) is 8.13. The SMILES string of the molecule is CC(C)c1nnsc1C(=O)O. The maximum atomic E-state index is 10.5. The molecule has 1 aromatic heterocycles. The second-order valence-electron chi connectivity index (χ2n) is 2.45. The van der Waals surface area contributed by atoms with Crippen LogP contribution in [0.4, 0.5) is 0 Å². The fourth-order valence-corrected chi connectivity index (χ4v) is 1.38. The summed E-state index contributed by atoms with van der Waals surface area (Å²) in [6, 6.07) is 0. The van der Waals surface area contributed by atoms with Gasteiger partial charge in [-0.15, -0.1) is 5.10 Å². The minimum Gasteiger partial charge on any atom is -0.477 e. The van der Waals surface area contributed by atoms with Crippen molar-refractivity contribution in [3.63, 3.8) is 0 Å². The number of hydrogen-bond acceptors (Lipinski definition) is 4. The van der Waals surface area contributed by atoms with E-state index in [0.29, 0.717) is 5.69 Å². The number of aromatic nitrogens is 2. The number of nitrogens with zero attached hydrogens (tertiary/aromatic N) is 2. The molecule has 0 saturated heterocycles. The van der Waals surface area contributed by atoms with Crippen LogP contribution in [0, 0.1) is 0 Å². The maximum Gasteiger partial charge on any atom is 0.349 e. The van der Waals surface area contributed by atoms with Crippen molar-refractivity contribution in [1.29, 1.82) is 0 Å². The molecule has 5 heteroatoms. The first-order valence-electron chi connectivity index (χ1n) is 3.18. The molecule has 0 aromatic carbocycles.